The topological polar surface area (TPSA) is 56.2 Å². The first kappa shape index (κ1) is 13.4. The van der Waals surface area contributed by atoms with E-state index in [9.17, 15) is 4.79 Å². The summed E-state index contributed by atoms with van der Waals surface area (Å²) in [5, 5.41) is 8.06. The van der Waals surface area contributed by atoms with E-state index < -0.39 is 0 Å². The van der Waals surface area contributed by atoms with Crippen molar-refractivity contribution in [1.82, 2.24) is 15.1 Å². The molecule has 1 N–H and O–H groups in total. The lowest BCUT2D eigenvalue weighted by Gasteiger charge is -2.17. The number of halogens is 1. The van der Waals surface area contributed by atoms with Gasteiger partial charge >= 0.3 is 5.97 Å². The molecule has 1 aliphatic rings. The molecule has 1 heterocycles. The largest absolute Gasteiger partial charge is 0.465 e. The zero-order chi connectivity index (χ0) is 13.1. The Bertz CT molecular complexity index is 429. The second kappa shape index (κ2) is 5.71. The van der Waals surface area contributed by atoms with Crippen LogP contribution in [0.5, 0.6) is 0 Å². The number of nitrogens with one attached hydrogen (secondary N) is 1. The Kier molecular flexibility index (Phi) is 4.24. The third kappa shape index (κ3) is 3.23. The Morgan fingerprint density at radius 3 is 2.94 bits per heavy atom. The SMILES string of the molecule is CCOC(=O)C(Cn1ncc(Cl)c1C)NC1CC1. The number of aromatic nitrogens is 2. The summed E-state index contributed by atoms with van der Waals surface area (Å²) in [7, 11) is 0. The number of rotatable bonds is 6. The summed E-state index contributed by atoms with van der Waals surface area (Å²) < 4.78 is 6.81. The minimum atomic E-state index is -0.355. The minimum absolute atomic E-state index is 0.226. The van der Waals surface area contributed by atoms with Crippen LogP contribution < -0.4 is 5.32 Å². The molecule has 0 aromatic carbocycles. The van der Waals surface area contributed by atoms with E-state index in [1.165, 1.54) is 0 Å². The van der Waals surface area contributed by atoms with Crippen molar-refractivity contribution in [1.29, 1.82) is 0 Å². The summed E-state index contributed by atoms with van der Waals surface area (Å²) in [5.74, 6) is -0.226. The van der Waals surface area contributed by atoms with Crippen LogP contribution in [0.3, 0.4) is 0 Å². The molecule has 18 heavy (non-hydrogen) atoms. The smallest absolute Gasteiger partial charge is 0.325 e. The molecule has 0 amide bonds. The van der Waals surface area contributed by atoms with Gasteiger partial charge in [-0.2, -0.15) is 5.10 Å². The van der Waals surface area contributed by atoms with Gasteiger partial charge in [-0.3, -0.25) is 9.48 Å². The van der Waals surface area contributed by atoms with Gasteiger partial charge in [-0.1, -0.05) is 11.6 Å². The number of nitrogens with zero attached hydrogens (tertiary/aromatic N) is 2. The number of esters is 1. The van der Waals surface area contributed by atoms with E-state index in [1.54, 1.807) is 10.9 Å². The minimum Gasteiger partial charge on any atom is -0.465 e. The summed E-state index contributed by atoms with van der Waals surface area (Å²) in [5.41, 5.74) is 0.864. The molecule has 2 rings (SSSR count). The highest BCUT2D eigenvalue weighted by Crippen LogP contribution is 2.20. The van der Waals surface area contributed by atoms with Crippen molar-refractivity contribution in [2.24, 2.45) is 0 Å². The van der Waals surface area contributed by atoms with Crippen LogP contribution in [0.25, 0.3) is 0 Å². The summed E-state index contributed by atoms with van der Waals surface area (Å²) in [4.78, 5) is 11.9. The molecule has 5 nitrogen and oxygen atoms in total. The maximum absolute atomic E-state index is 11.9. The van der Waals surface area contributed by atoms with Crippen LogP contribution in [-0.2, 0) is 16.1 Å². The zero-order valence-electron chi connectivity index (χ0n) is 10.6. The van der Waals surface area contributed by atoms with Crippen molar-refractivity contribution in [3.8, 4) is 0 Å². The fraction of sp³-hybridized carbons (Fsp3) is 0.667. The average Bonchev–Trinajstić information content (AvgIpc) is 3.10. The first-order valence-electron chi connectivity index (χ1n) is 6.22. The van der Waals surface area contributed by atoms with Crippen molar-refractivity contribution in [2.45, 2.75) is 45.3 Å². The molecule has 1 saturated carbocycles. The van der Waals surface area contributed by atoms with E-state index in [2.05, 4.69) is 10.4 Å². The first-order valence-corrected chi connectivity index (χ1v) is 6.60. The van der Waals surface area contributed by atoms with Crippen LogP contribution >= 0.6 is 11.6 Å². The van der Waals surface area contributed by atoms with Crippen molar-refractivity contribution < 1.29 is 9.53 Å². The summed E-state index contributed by atoms with van der Waals surface area (Å²) in [6, 6.07) is 0.0814. The average molecular weight is 272 g/mol. The van der Waals surface area contributed by atoms with Gasteiger partial charge in [0, 0.05) is 6.04 Å². The van der Waals surface area contributed by atoms with E-state index in [-0.39, 0.29) is 12.0 Å². The standard InChI is InChI=1S/C12H18ClN3O2/c1-3-18-12(17)11(15-9-4-5-9)7-16-8(2)10(13)6-14-16/h6,9,11,15H,3-5,7H2,1-2H3. The highest BCUT2D eigenvalue weighted by atomic mass is 35.5. The summed E-state index contributed by atoms with van der Waals surface area (Å²) in [6.07, 6.45) is 3.83. The Morgan fingerprint density at radius 1 is 1.72 bits per heavy atom. The van der Waals surface area contributed by atoms with Crippen molar-refractivity contribution in [2.75, 3.05) is 6.61 Å². The van der Waals surface area contributed by atoms with E-state index >= 15 is 0 Å². The highest BCUT2D eigenvalue weighted by molar-refractivity contribution is 6.31. The number of ether oxygens (including phenoxy) is 1. The van der Waals surface area contributed by atoms with E-state index in [0.717, 1.165) is 18.5 Å². The van der Waals surface area contributed by atoms with Gasteiger partial charge in [0.2, 0.25) is 0 Å². The van der Waals surface area contributed by atoms with Crippen LogP contribution in [-0.4, -0.2) is 34.4 Å². The second-order valence-corrected chi connectivity index (χ2v) is 4.91. The summed E-state index contributed by atoms with van der Waals surface area (Å²) >= 11 is 5.95. The molecule has 0 spiro atoms. The number of carbonyl (C=O) groups is 1. The lowest BCUT2D eigenvalue weighted by molar-refractivity contribution is -0.146. The third-order valence-electron chi connectivity index (χ3n) is 2.98. The molecular weight excluding hydrogens is 254 g/mol. The fourth-order valence-corrected chi connectivity index (χ4v) is 1.89. The Balaban J connectivity index is 2.03. The molecule has 1 fully saturated rings. The van der Waals surface area contributed by atoms with Crippen LogP contribution in [0.2, 0.25) is 5.02 Å². The molecule has 100 valence electrons. The molecule has 1 aromatic heterocycles. The molecule has 1 aliphatic carbocycles. The van der Waals surface area contributed by atoms with Gasteiger partial charge in [0.15, 0.2) is 0 Å². The number of carbonyl (C=O) groups excluding carboxylic acids is 1. The molecule has 1 unspecified atom stereocenters. The van der Waals surface area contributed by atoms with Crippen molar-refractivity contribution in [3.05, 3.63) is 16.9 Å². The first-order chi connectivity index (χ1) is 8.61. The molecule has 1 aromatic rings. The quantitative estimate of drug-likeness (QED) is 0.797. The van der Waals surface area contributed by atoms with Gasteiger partial charge in [-0.05, 0) is 26.7 Å². The van der Waals surface area contributed by atoms with Gasteiger partial charge in [0.25, 0.3) is 0 Å². The lowest BCUT2D eigenvalue weighted by Crippen LogP contribution is -2.43. The van der Waals surface area contributed by atoms with Gasteiger partial charge in [0.1, 0.15) is 6.04 Å². The molecular formula is C12H18ClN3O2. The molecule has 0 radical (unpaired) electrons. The van der Waals surface area contributed by atoms with E-state index in [1.807, 2.05) is 13.8 Å². The van der Waals surface area contributed by atoms with Gasteiger partial charge in [-0.15, -0.1) is 0 Å². The van der Waals surface area contributed by atoms with Crippen LogP contribution in [0.1, 0.15) is 25.5 Å². The maximum Gasteiger partial charge on any atom is 0.325 e. The van der Waals surface area contributed by atoms with Crippen LogP contribution in [0.4, 0.5) is 0 Å². The van der Waals surface area contributed by atoms with Gasteiger partial charge in [-0.25, -0.2) is 0 Å². The monoisotopic (exact) mass is 271 g/mol. The Hall–Kier alpha value is -1.07. The van der Waals surface area contributed by atoms with Gasteiger partial charge in [0.05, 0.1) is 30.1 Å². The second-order valence-electron chi connectivity index (χ2n) is 4.51. The third-order valence-corrected chi connectivity index (χ3v) is 3.36. The van der Waals surface area contributed by atoms with E-state index in [0.29, 0.717) is 24.2 Å². The van der Waals surface area contributed by atoms with E-state index in [4.69, 9.17) is 16.3 Å². The molecule has 0 saturated heterocycles. The van der Waals surface area contributed by atoms with Gasteiger partial charge < -0.3 is 10.1 Å². The fourth-order valence-electron chi connectivity index (χ4n) is 1.75. The molecule has 1 atom stereocenters. The zero-order valence-corrected chi connectivity index (χ0v) is 11.4. The van der Waals surface area contributed by atoms with Crippen molar-refractivity contribution >= 4 is 17.6 Å². The highest BCUT2D eigenvalue weighted by Gasteiger charge is 2.30. The predicted octanol–water partition coefficient (Wildman–Crippen LogP) is 1.53. The molecule has 0 aliphatic heterocycles. The summed E-state index contributed by atoms with van der Waals surface area (Å²) in [6.45, 7) is 4.53. The Labute approximate surface area is 111 Å². The predicted molar refractivity (Wildman–Crippen MR) is 68.6 cm³/mol. The number of hydrogen-bond donors (Lipinski definition) is 1. The normalized spacial score (nSPS) is 16.6. The van der Waals surface area contributed by atoms with Crippen molar-refractivity contribution in [3.63, 3.8) is 0 Å². The number of hydrogen-bond acceptors (Lipinski definition) is 4. The lowest BCUT2D eigenvalue weighted by atomic mass is 10.3. The maximum atomic E-state index is 11.9. The van der Waals surface area contributed by atoms with Crippen LogP contribution in [0, 0.1) is 6.92 Å². The molecule has 0 bridgehead atoms. The Morgan fingerprint density at radius 2 is 2.44 bits per heavy atom. The van der Waals surface area contributed by atoms with Crippen LogP contribution in [0.15, 0.2) is 6.20 Å². The molecule has 6 heteroatoms.